The van der Waals surface area contributed by atoms with Gasteiger partial charge >= 0.3 is 0 Å². The number of aryl methyl sites for hydroxylation is 2. The molecule has 1 aliphatic heterocycles. The fourth-order valence-electron chi connectivity index (χ4n) is 4.14. The summed E-state index contributed by atoms with van der Waals surface area (Å²) in [5.41, 5.74) is 5.19. The highest BCUT2D eigenvalue weighted by Gasteiger charge is 2.42. The zero-order valence-electron chi connectivity index (χ0n) is 15.9. The maximum absolute atomic E-state index is 13.0. The van der Waals surface area contributed by atoms with E-state index < -0.39 is 0 Å². The molecule has 0 amide bonds. The Balaban J connectivity index is 1.76. The van der Waals surface area contributed by atoms with Gasteiger partial charge < -0.3 is 9.32 Å². The Labute approximate surface area is 154 Å². The molecule has 4 rings (SSSR count). The topological polar surface area (TPSA) is 33.5 Å². The van der Waals surface area contributed by atoms with Crippen molar-refractivity contribution in [1.29, 1.82) is 0 Å². The summed E-state index contributed by atoms with van der Waals surface area (Å²) in [6.45, 7) is 10.0. The number of nitrogens with zero attached hydrogens (tertiary/aromatic N) is 1. The van der Waals surface area contributed by atoms with Crippen molar-refractivity contribution in [3.8, 4) is 0 Å². The lowest BCUT2D eigenvalue weighted by Gasteiger charge is -2.49. The van der Waals surface area contributed by atoms with Crippen molar-refractivity contribution in [1.82, 2.24) is 0 Å². The first-order valence-electron chi connectivity index (χ1n) is 9.30. The van der Waals surface area contributed by atoms with Gasteiger partial charge in [0.25, 0.3) is 0 Å². The second-order valence-corrected chi connectivity index (χ2v) is 7.80. The largest absolute Gasteiger partial charge is 0.440 e. The van der Waals surface area contributed by atoms with E-state index in [1.807, 2.05) is 26.0 Å². The average Bonchev–Trinajstić information content (AvgIpc) is 2.62. The van der Waals surface area contributed by atoms with Gasteiger partial charge in [-0.05, 0) is 43.0 Å². The number of anilines is 1. The predicted molar refractivity (Wildman–Crippen MR) is 107 cm³/mol. The van der Waals surface area contributed by atoms with Crippen LogP contribution in [0.3, 0.4) is 0 Å². The molecule has 1 aliphatic rings. The monoisotopic (exact) mass is 347 g/mol. The Morgan fingerprint density at radius 2 is 1.81 bits per heavy atom. The van der Waals surface area contributed by atoms with Crippen molar-refractivity contribution in [2.75, 3.05) is 18.0 Å². The van der Waals surface area contributed by atoms with Gasteiger partial charge in [0.05, 0.1) is 10.9 Å². The third-order valence-electron chi connectivity index (χ3n) is 5.63. The third-order valence-corrected chi connectivity index (χ3v) is 5.63. The Hall–Kier alpha value is -2.55. The second kappa shape index (κ2) is 6.01. The number of rotatable bonds is 3. The zero-order valence-corrected chi connectivity index (χ0v) is 15.9. The third kappa shape index (κ3) is 2.54. The van der Waals surface area contributed by atoms with Crippen molar-refractivity contribution >= 4 is 16.9 Å². The van der Waals surface area contributed by atoms with Crippen molar-refractivity contribution in [2.45, 2.75) is 39.5 Å². The smallest absolute Gasteiger partial charge is 0.203 e. The van der Waals surface area contributed by atoms with Crippen LogP contribution in [0, 0.1) is 13.8 Å². The highest BCUT2D eigenvalue weighted by Crippen LogP contribution is 2.39. The molecule has 3 aromatic rings. The molecular formula is C23H25NO2. The molecule has 0 N–H and O–H groups in total. The number of hydrogen-bond acceptors (Lipinski definition) is 3. The SMILES string of the molecule is CCc1cc(C)cc2c(=O)c(C)c(N3CC(C)(c4ccccc4)C3)oc12. The van der Waals surface area contributed by atoms with Crippen molar-refractivity contribution < 1.29 is 4.42 Å². The van der Waals surface area contributed by atoms with Gasteiger partial charge in [0.1, 0.15) is 5.58 Å². The van der Waals surface area contributed by atoms with E-state index in [-0.39, 0.29) is 10.8 Å². The summed E-state index contributed by atoms with van der Waals surface area (Å²) in [5, 5.41) is 0.703. The summed E-state index contributed by atoms with van der Waals surface area (Å²) in [6.07, 6.45) is 0.853. The van der Waals surface area contributed by atoms with E-state index in [0.29, 0.717) is 10.9 Å². The lowest BCUT2D eigenvalue weighted by Crippen LogP contribution is -2.58. The van der Waals surface area contributed by atoms with Crippen LogP contribution in [0.1, 0.15) is 36.1 Å². The van der Waals surface area contributed by atoms with Crippen molar-refractivity contribution in [3.05, 3.63) is 74.9 Å². The normalized spacial score (nSPS) is 15.9. The first-order chi connectivity index (χ1) is 12.4. The zero-order chi connectivity index (χ0) is 18.5. The molecule has 1 saturated heterocycles. The molecule has 26 heavy (non-hydrogen) atoms. The minimum atomic E-state index is 0.0907. The lowest BCUT2D eigenvalue weighted by molar-refractivity contribution is 0.342. The molecule has 3 nitrogen and oxygen atoms in total. The van der Waals surface area contributed by atoms with Crippen LogP contribution >= 0.6 is 0 Å². The van der Waals surface area contributed by atoms with Crippen LogP contribution in [0.4, 0.5) is 5.88 Å². The van der Waals surface area contributed by atoms with Gasteiger partial charge in [0, 0.05) is 18.5 Å². The molecule has 0 unspecified atom stereocenters. The van der Waals surface area contributed by atoms with E-state index in [1.54, 1.807) is 0 Å². The molecule has 0 atom stereocenters. The molecule has 3 heteroatoms. The van der Waals surface area contributed by atoms with Gasteiger partial charge in [0.2, 0.25) is 5.88 Å². The lowest BCUT2D eigenvalue weighted by atomic mass is 9.75. The maximum Gasteiger partial charge on any atom is 0.203 e. The molecule has 0 bridgehead atoms. The average molecular weight is 347 g/mol. The van der Waals surface area contributed by atoms with Crippen molar-refractivity contribution in [3.63, 3.8) is 0 Å². The molecule has 0 saturated carbocycles. The molecule has 0 aliphatic carbocycles. The Morgan fingerprint density at radius 1 is 1.12 bits per heavy atom. The van der Waals surface area contributed by atoms with E-state index in [9.17, 15) is 4.79 Å². The highest BCUT2D eigenvalue weighted by molar-refractivity contribution is 5.83. The summed E-state index contributed by atoms with van der Waals surface area (Å²) in [5.74, 6) is 0.731. The molecule has 2 aromatic carbocycles. The van der Waals surface area contributed by atoms with Crippen LogP contribution in [0.25, 0.3) is 11.0 Å². The maximum atomic E-state index is 13.0. The van der Waals surface area contributed by atoms with E-state index >= 15 is 0 Å². The van der Waals surface area contributed by atoms with E-state index in [4.69, 9.17) is 4.42 Å². The molecule has 1 aromatic heterocycles. The first kappa shape index (κ1) is 16.9. The second-order valence-electron chi connectivity index (χ2n) is 7.80. The fraction of sp³-hybridized carbons (Fsp3) is 0.348. The molecule has 0 spiro atoms. The van der Waals surface area contributed by atoms with Crippen LogP contribution in [0.2, 0.25) is 0 Å². The predicted octanol–water partition coefficient (Wildman–Crippen LogP) is 4.75. The van der Waals surface area contributed by atoms with Gasteiger partial charge in [-0.1, -0.05) is 50.2 Å². The molecule has 1 fully saturated rings. The fourth-order valence-corrected chi connectivity index (χ4v) is 4.14. The highest BCUT2D eigenvalue weighted by atomic mass is 16.4. The summed E-state index contributed by atoms with van der Waals surface area (Å²) in [4.78, 5) is 15.2. The molecule has 134 valence electrons. The van der Waals surface area contributed by atoms with Crippen LogP contribution < -0.4 is 10.3 Å². The van der Waals surface area contributed by atoms with Gasteiger partial charge in [-0.2, -0.15) is 0 Å². The van der Waals surface area contributed by atoms with E-state index in [1.165, 1.54) is 5.56 Å². The van der Waals surface area contributed by atoms with Crippen LogP contribution in [-0.4, -0.2) is 13.1 Å². The summed E-state index contributed by atoms with van der Waals surface area (Å²) >= 11 is 0. The van der Waals surface area contributed by atoms with Gasteiger partial charge in [-0.15, -0.1) is 0 Å². The number of benzene rings is 2. The van der Waals surface area contributed by atoms with Gasteiger partial charge in [0.15, 0.2) is 5.43 Å². The van der Waals surface area contributed by atoms with Crippen LogP contribution in [-0.2, 0) is 11.8 Å². The van der Waals surface area contributed by atoms with Gasteiger partial charge in [-0.3, -0.25) is 4.79 Å². The molecule has 0 radical (unpaired) electrons. The van der Waals surface area contributed by atoms with E-state index in [0.717, 1.165) is 42.1 Å². The number of hydrogen-bond donors (Lipinski definition) is 0. The standard InChI is InChI=1S/C23H25NO2/c1-5-17-11-15(2)12-19-20(25)16(3)22(26-21(17)19)24-13-23(4,14-24)18-9-7-6-8-10-18/h6-12H,5,13-14H2,1-4H3. The van der Waals surface area contributed by atoms with Crippen molar-refractivity contribution in [2.24, 2.45) is 0 Å². The van der Waals surface area contributed by atoms with E-state index in [2.05, 4.69) is 49.1 Å². The Bertz CT molecular complexity index is 1030. The van der Waals surface area contributed by atoms with Gasteiger partial charge in [-0.25, -0.2) is 0 Å². The summed E-state index contributed by atoms with van der Waals surface area (Å²) < 4.78 is 6.31. The summed E-state index contributed by atoms with van der Waals surface area (Å²) in [7, 11) is 0. The van der Waals surface area contributed by atoms with Crippen LogP contribution in [0.5, 0.6) is 0 Å². The quantitative estimate of drug-likeness (QED) is 0.685. The molecule has 2 heterocycles. The van der Waals surface area contributed by atoms with Crippen LogP contribution in [0.15, 0.2) is 51.7 Å². The number of fused-ring (bicyclic) bond motifs is 1. The minimum Gasteiger partial charge on any atom is -0.440 e. The summed E-state index contributed by atoms with van der Waals surface area (Å²) in [6, 6.07) is 14.6. The Morgan fingerprint density at radius 3 is 2.46 bits per heavy atom. The minimum absolute atomic E-state index is 0.0907. The Kier molecular flexibility index (Phi) is 3.91. The first-order valence-corrected chi connectivity index (χ1v) is 9.30. The molecular weight excluding hydrogens is 322 g/mol.